The smallest absolute Gasteiger partial charge is 0.156 e. The van der Waals surface area contributed by atoms with Gasteiger partial charge in [0.1, 0.15) is 5.78 Å². The van der Waals surface area contributed by atoms with Crippen molar-refractivity contribution in [3.63, 3.8) is 0 Å². The topological polar surface area (TPSA) is 74.6 Å². The van der Waals surface area contributed by atoms with Gasteiger partial charge in [0.15, 0.2) is 5.78 Å². The quantitative estimate of drug-likeness (QED) is 0.718. The molecule has 0 amide bonds. The van der Waals surface area contributed by atoms with Gasteiger partial charge in [-0.05, 0) is 44.4 Å². The van der Waals surface area contributed by atoms with Gasteiger partial charge in [-0.15, -0.1) is 0 Å². The third-order valence-corrected chi connectivity index (χ3v) is 7.43. The highest BCUT2D eigenvalue weighted by molar-refractivity contribution is 6.05. The molecule has 0 aromatic heterocycles. The van der Waals surface area contributed by atoms with Gasteiger partial charge in [0.05, 0.1) is 17.6 Å². The van der Waals surface area contributed by atoms with Crippen LogP contribution < -0.4 is 0 Å². The van der Waals surface area contributed by atoms with Gasteiger partial charge in [-0.2, -0.15) is 0 Å². The number of Topliss-reactive ketones (excluding diaryl/α,β-unsaturated/α-hetero) is 2. The molecule has 4 rings (SSSR count). The van der Waals surface area contributed by atoms with E-state index in [1.165, 1.54) is 5.57 Å². The molecule has 6 atom stereocenters. The molecule has 0 bridgehead atoms. The van der Waals surface area contributed by atoms with Crippen LogP contribution in [0.5, 0.6) is 0 Å². The summed E-state index contributed by atoms with van der Waals surface area (Å²) in [4.78, 5) is 25.3. The Morgan fingerprint density at radius 3 is 2.60 bits per heavy atom. The Morgan fingerprint density at radius 1 is 1.20 bits per heavy atom. The Hall–Kier alpha value is -1.52. The fraction of sp³-hybridized carbons (Fsp3) is 0.619. The number of carbonyl (C=O) groups is 2. The molecule has 4 nitrogen and oxygen atoms in total. The molecule has 2 unspecified atom stereocenters. The van der Waals surface area contributed by atoms with E-state index in [0.717, 1.165) is 18.4 Å². The maximum atomic E-state index is 13.2. The van der Waals surface area contributed by atoms with E-state index in [4.69, 9.17) is 0 Å². The van der Waals surface area contributed by atoms with Crippen molar-refractivity contribution in [3.8, 4) is 0 Å². The summed E-state index contributed by atoms with van der Waals surface area (Å²) in [5.41, 5.74) is 2.09. The summed E-state index contributed by atoms with van der Waals surface area (Å²) >= 11 is 0. The minimum Gasteiger partial charge on any atom is -0.390 e. The third kappa shape index (κ3) is 2.07. The van der Waals surface area contributed by atoms with E-state index in [9.17, 15) is 19.8 Å². The Balaban J connectivity index is 1.79. The lowest BCUT2D eigenvalue weighted by atomic mass is 9.49. The van der Waals surface area contributed by atoms with E-state index in [1.54, 1.807) is 13.0 Å². The number of ketones is 2. The SMILES string of the molecule is CC(=O)C1=CC[C@H]2C3=CCC4=CC(O)C(O)C[C@]4(C)[C@H]3CC(=O)[C@]12C. The average Bonchev–Trinajstić information content (AvgIpc) is 2.89. The van der Waals surface area contributed by atoms with Gasteiger partial charge in [-0.3, -0.25) is 9.59 Å². The van der Waals surface area contributed by atoms with E-state index in [2.05, 4.69) is 13.0 Å². The molecule has 4 aliphatic rings. The monoisotopic (exact) mass is 342 g/mol. The number of aliphatic hydroxyl groups is 2. The molecule has 0 saturated heterocycles. The van der Waals surface area contributed by atoms with Crippen molar-refractivity contribution in [3.05, 3.63) is 34.9 Å². The first-order valence-corrected chi connectivity index (χ1v) is 9.21. The molecule has 0 aromatic carbocycles. The fourth-order valence-electron chi connectivity index (χ4n) is 5.92. The standard InChI is InChI=1S/C21H26O4/c1-11(22)14-6-7-15-13-5-4-12-8-17(23)18(24)10-20(12,2)16(13)9-19(25)21(14,15)3/h5-6,8,15-18,23-24H,4,7,9-10H2,1-3H3/t15-,16-,17?,18?,20-,21+/m0/s1. The van der Waals surface area contributed by atoms with Crippen molar-refractivity contribution in [2.24, 2.45) is 22.7 Å². The molecule has 0 aliphatic heterocycles. The molecule has 25 heavy (non-hydrogen) atoms. The van der Waals surface area contributed by atoms with Gasteiger partial charge in [-0.1, -0.05) is 36.3 Å². The lowest BCUT2D eigenvalue weighted by molar-refractivity contribution is -0.134. The molecular weight excluding hydrogens is 316 g/mol. The first kappa shape index (κ1) is 16.9. The lowest BCUT2D eigenvalue weighted by Gasteiger charge is -2.54. The maximum absolute atomic E-state index is 13.2. The van der Waals surface area contributed by atoms with E-state index < -0.39 is 17.6 Å². The fourth-order valence-corrected chi connectivity index (χ4v) is 5.92. The Morgan fingerprint density at radius 2 is 1.92 bits per heavy atom. The Kier molecular flexibility index (Phi) is 3.55. The van der Waals surface area contributed by atoms with Crippen LogP contribution in [0.25, 0.3) is 0 Å². The maximum Gasteiger partial charge on any atom is 0.156 e. The molecule has 0 spiro atoms. The Bertz CT molecular complexity index is 758. The second kappa shape index (κ2) is 5.24. The molecular formula is C21H26O4. The van der Waals surface area contributed by atoms with Crippen molar-refractivity contribution in [1.82, 2.24) is 0 Å². The summed E-state index contributed by atoms with van der Waals surface area (Å²) in [6.45, 7) is 5.61. The molecule has 1 saturated carbocycles. The van der Waals surface area contributed by atoms with Gasteiger partial charge < -0.3 is 10.2 Å². The lowest BCUT2D eigenvalue weighted by Crippen LogP contribution is -2.52. The van der Waals surface area contributed by atoms with Crippen LogP contribution in [0.4, 0.5) is 0 Å². The van der Waals surface area contributed by atoms with Gasteiger partial charge >= 0.3 is 0 Å². The van der Waals surface area contributed by atoms with Crippen LogP contribution in [-0.4, -0.2) is 34.0 Å². The van der Waals surface area contributed by atoms with Crippen LogP contribution in [-0.2, 0) is 9.59 Å². The molecule has 0 radical (unpaired) electrons. The highest BCUT2D eigenvalue weighted by atomic mass is 16.3. The first-order chi connectivity index (χ1) is 11.7. The third-order valence-electron chi connectivity index (χ3n) is 7.43. The zero-order chi connectivity index (χ0) is 18.1. The predicted octanol–water partition coefficient (Wildman–Crippen LogP) is 2.51. The minimum atomic E-state index is -0.819. The van der Waals surface area contributed by atoms with E-state index in [-0.39, 0.29) is 28.8 Å². The molecule has 4 heteroatoms. The van der Waals surface area contributed by atoms with Crippen LogP contribution in [0, 0.1) is 22.7 Å². The van der Waals surface area contributed by atoms with Gasteiger partial charge in [0.2, 0.25) is 0 Å². The van der Waals surface area contributed by atoms with Crippen LogP contribution in [0.2, 0.25) is 0 Å². The van der Waals surface area contributed by atoms with Crippen molar-refractivity contribution >= 4 is 11.6 Å². The van der Waals surface area contributed by atoms with E-state index in [0.29, 0.717) is 18.4 Å². The van der Waals surface area contributed by atoms with Gasteiger partial charge in [0.25, 0.3) is 0 Å². The summed E-state index contributed by atoms with van der Waals surface area (Å²) in [6.07, 6.45) is 6.73. The van der Waals surface area contributed by atoms with E-state index in [1.807, 2.05) is 13.0 Å². The van der Waals surface area contributed by atoms with Crippen molar-refractivity contribution in [2.45, 2.75) is 58.7 Å². The molecule has 4 aliphatic carbocycles. The van der Waals surface area contributed by atoms with Crippen LogP contribution in [0.3, 0.4) is 0 Å². The molecule has 0 aromatic rings. The van der Waals surface area contributed by atoms with Crippen molar-refractivity contribution < 1.29 is 19.8 Å². The molecule has 134 valence electrons. The number of hydrogen-bond donors (Lipinski definition) is 2. The number of allylic oxidation sites excluding steroid dienone is 5. The van der Waals surface area contributed by atoms with Crippen LogP contribution in [0.15, 0.2) is 34.9 Å². The minimum absolute atomic E-state index is 0.00350. The summed E-state index contributed by atoms with van der Waals surface area (Å²) in [6, 6.07) is 0. The molecule has 1 fully saturated rings. The zero-order valence-electron chi connectivity index (χ0n) is 15.1. The zero-order valence-corrected chi connectivity index (χ0v) is 15.1. The van der Waals surface area contributed by atoms with Gasteiger partial charge in [-0.25, -0.2) is 0 Å². The first-order valence-electron chi connectivity index (χ1n) is 9.21. The average molecular weight is 342 g/mol. The number of rotatable bonds is 1. The van der Waals surface area contributed by atoms with Gasteiger partial charge in [0, 0.05) is 17.9 Å². The number of fused-ring (bicyclic) bond motifs is 5. The largest absolute Gasteiger partial charge is 0.390 e. The molecule has 2 N–H and O–H groups in total. The second-order valence-electron chi connectivity index (χ2n) is 8.62. The second-order valence-corrected chi connectivity index (χ2v) is 8.62. The van der Waals surface area contributed by atoms with Crippen molar-refractivity contribution in [2.75, 3.05) is 0 Å². The number of hydrogen-bond acceptors (Lipinski definition) is 4. The number of aliphatic hydroxyl groups excluding tert-OH is 2. The van der Waals surface area contributed by atoms with Crippen molar-refractivity contribution in [1.29, 1.82) is 0 Å². The summed E-state index contributed by atoms with van der Waals surface area (Å²) in [5, 5.41) is 20.2. The highest BCUT2D eigenvalue weighted by Gasteiger charge is 2.59. The summed E-state index contributed by atoms with van der Waals surface area (Å²) in [7, 11) is 0. The molecule has 0 heterocycles. The predicted molar refractivity (Wildman–Crippen MR) is 93.6 cm³/mol. The number of carbonyl (C=O) groups excluding carboxylic acids is 2. The highest BCUT2D eigenvalue weighted by Crippen LogP contribution is 2.62. The van der Waals surface area contributed by atoms with E-state index >= 15 is 0 Å². The summed E-state index contributed by atoms with van der Waals surface area (Å²) in [5.74, 6) is 0.248. The normalized spacial score (nSPS) is 45.6. The summed E-state index contributed by atoms with van der Waals surface area (Å²) < 4.78 is 0. The van der Waals surface area contributed by atoms with Crippen LogP contribution in [0.1, 0.15) is 46.5 Å². The Labute approximate surface area is 148 Å². The van der Waals surface area contributed by atoms with Crippen LogP contribution >= 0.6 is 0 Å².